The summed E-state index contributed by atoms with van der Waals surface area (Å²) in [7, 11) is 0. The van der Waals surface area contributed by atoms with Crippen LogP contribution in [-0.2, 0) is 0 Å². The van der Waals surface area contributed by atoms with Gasteiger partial charge in [0, 0.05) is 18.8 Å². The van der Waals surface area contributed by atoms with Crippen LogP contribution in [0.3, 0.4) is 0 Å². The molecule has 4 heteroatoms. The van der Waals surface area contributed by atoms with E-state index in [2.05, 4.69) is 15.3 Å². The van der Waals surface area contributed by atoms with E-state index in [1.165, 1.54) is 12.8 Å². The number of aromatic nitrogens is 2. The third-order valence-corrected chi connectivity index (χ3v) is 3.09. The average Bonchev–Trinajstić information content (AvgIpc) is 2.38. The number of ketones is 1. The van der Waals surface area contributed by atoms with Crippen molar-refractivity contribution in [2.24, 2.45) is 5.92 Å². The molecule has 0 bridgehead atoms. The van der Waals surface area contributed by atoms with Gasteiger partial charge in [0.05, 0.1) is 6.20 Å². The van der Waals surface area contributed by atoms with Crippen LogP contribution in [0.4, 0.5) is 0 Å². The van der Waals surface area contributed by atoms with Crippen LogP contribution in [-0.4, -0.2) is 28.8 Å². The Balaban J connectivity index is 1.79. The minimum absolute atomic E-state index is 0.117. The largest absolute Gasteiger partial charge is 0.317 e. The van der Waals surface area contributed by atoms with Crippen molar-refractivity contribution in [3.63, 3.8) is 0 Å². The van der Waals surface area contributed by atoms with Gasteiger partial charge in [0.1, 0.15) is 5.69 Å². The van der Waals surface area contributed by atoms with Gasteiger partial charge in [-0.2, -0.15) is 0 Å². The molecule has 0 unspecified atom stereocenters. The Morgan fingerprint density at radius 2 is 2.19 bits per heavy atom. The average molecular weight is 219 g/mol. The quantitative estimate of drug-likeness (QED) is 0.778. The monoisotopic (exact) mass is 219 g/mol. The molecule has 0 radical (unpaired) electrons. The first-order valence-electron chi connectivity index (χ1n) is 5.86. The van der Waals surface area contributed by atoms with Crippen molar-refractivity contribution in [1.29, 1.82) is 0 Å². The fraction of sp³-hybridized carbons (Fsp3) is 0.583. The van der Waals surface area contributed by atoms with Crippen LogP contribution in [0, 0.1) is 5.92 Å². The number of piperidine rings is 1. The van der Waals surface area contributed by atoms with Gasteiger partial charge in [0.15, 0.2) is 5.78 Å². The van der Waals surface area contributed by atoms with E-state index in [4.69, 9.17) is 0 Å². The first kappa shape index (κ1) is 11.2. The predicted octanol–water partition coefficient (Wildman–Crippen LogP) is 1.44. The third-order valence-electron chi connectivity index (χ3n) is 3.09. The van der Waals surface area contributed by atoms with Crippen molar-refractivity contribution < 1.29 is 4.79 Å². The SMILES string of the molecule is O=C(CCC1CCNCC1)c1cnccn1. The molecule has 86 valence electrons. The second-order valence-electron chi connectivity index (χ2n) is 4.25. The van der Waals surface area contributed by atoms with Crippen LogP contribution in [0.2, 0.25) is 0 Å². The van der Waals surface area contributed by atoms with E-state index >= 15 is 0 Å². The normalized spacial score (nSPS) is 17.2. The highest BCUT2D eigenvalue weighted by Crippen LogP contribution is 2.18. The molecule has 1 saturated heterocycles. The van der Waals surface area contributed by atoms with Crippen molar-refractivity contribution in [3.8, 4) is 0 Å². The summed E-state index contributed by atoms with van der Waals surface area (Å²) in [6.45, 7) is 2.17. The highest BCUT2D eigenvalue weighted by molar-refractivity contribution is 5.93. The molecule has 0 aliphatic carbocycles. The van der Waals surface area contributed by atoms with E-state index in [-0.39, 0.29) is 5.78 Å². The lowest BCUT2D eigenvalue weighted by Crippen LogP contribution is -2.28. The number of Topliss-reactive ketones (excluding diaryl/α,β-unsaturated/α-hetero) is 1. The molecule has 2 rings (SSSR count). The van der Waals surface area contributed by atoms with Crippen molar-refractivity contribution in [1.82, 2.24) is 15.3 Å². The number of hydrogen-bond donors (Lipinski definition) is 1. The van der Waals surface area contributed by atoms with E-state index in [0.29, 0.717) is 18.0 Å². The van der Waals surface area contributed by atoms with Crippen molar-refractivity contribution in [2.45, 2.75) is 25.7 Å². The lowest BCUT2D eigenvalue weighted by Gasteiger charge is -2.21. The van der Waals surface area contributed by atoms with Crippen LogP contribution in [0.5, 0.6) is 0 Å². The molecule has 1 N–H and O–H groups in total. The first-order valence-corrected chi connectivity index (χ1v) is 5.86. The van der Waals surface area contributed by atoms with Gasteiger partial charge in [-0.3, -0.25) is 9.78 Å². The third kappa shape index (κ3) is 3.10. The zero-order valence-corrected chi connectivity index (χ0v) is 9.35. The molecule has 4 nitrogen and oxygen atoms in total. The van der Waals surface area contributed by atoms with Crippen molar-refractivity contribution in [3.05, 3.63) is 24.3 Å². The summed E-state index contributed by atoms with van der Waals surface area (Å²) in [5.41, 5.74) is 0.497. The van der Waals surface area contributed by atoms with Gasteiger partial charge in [-0.15, -0.1) is 0 Å². The van der Waals surface area contributed by atoms with Crippen LogP contribution < -0.4 is 5.32 Å². The zero-order valence-electron chi connectivity index (χ0n) is 9.35. The Morgan fingerprint density at radius 1 is 1.38 bits per heavy atom. The lowest BCUT2D eigenvalue weighted by molar-refractivity contribution is 0.0965. The highest BCUT2D eigenvalue weighted by atomic mass is 16.1. The van der Waals surface area contributed by atoms with Crippen LogP contribution in [0.15, 0.2) is 18.6 Å². The number of nitrogens with zero attached hydrogens (tertiary/aromatic N) is 2. The highest BCUT2D eigenvalue weighted by Gasteiger charge is 2.15. The Bertz CT molecular complexity index is 333. The van der Waals surface area contributed by atoms with E-state index in [1.54, 1.807) is 18.6 Å². The molecular formula is C12H17N3O. The van der Waals surface area contributed by atoms with E-state index in [1.807, 2.05) is 0 Å². The Morgan fingerprint density at radius 3 is 2.88 bits per heavy atom. The topological polar surface area (TPSA) is 54.9 Å². The summed E-state index contributed by atoms with van der Waals surface area (Å²) in [5.74, 6) is 0.813. The zero-order chi connectivity index (χ0) is 11.2. The molecule has 1 aliphatic heterocycles. The fourth-order valence-corrected chi connectivity index (χ4v) is 2.08. The minimum atomic E-state index is 0.117. The van der Waals surface area contributed by atoms with E-state index in [9.17, 15) is 4.79 Å². The summed E-state index contributed by atoms with van der Waals surface area (Å²) in [6.07, 6.45) is 8.66. The number of hydrogen-bond acceptors (Lipinski definition) is 4. The smallest absolute Gasteiger partial charge is 0.182 e. The number of nitrogens with one attached hydrogen (secondary N) is 1. The maximum absolute atomic E-state index is 11.8. The molecule has 2 heterocycles. The van der Waals surface area contributed by atoms with E-state index in [0.717, 1.165) is 19.5 Å². The Hall–Kier alpha value is -1.29. The number of carbonyl (C=O) groups excluding carboxylic acids is 1. The maximum Gasteiger partial charge on any atom is 0.182 e. The van der Waals surface area contributed by atoms with Gasteiger partial charge >= 0.3 is 0 Å². The van der Waals surface area contributed by atoms with Crippen LogP contribution in [0.1, 0.15) is 36.2 Å². The fourth-order valence-electron chi connectivity index (χ4n) is 2.08. The van der Waals surface area contributed by atoms with Gasteiger partial charge < -0.3 is 5.32 Å². The summed E-state index contributed by atoms with van der Waals surface area (Å²) in [6, 6.07) is 0. The van der Waals surface area contributed by atoms with Crippen LogP contribution in [0.25, 0.3) is 0 Å². The minimum Gasteiger partial charge on any atom is -0.317 e. The summed E-state index contributed by atoms with van der Waals surface area (Å²) in [4.78, 5) is 19.7. The lowest BCUT2D eigenvalue weighted by atomic mass is 9.92. The van der Waals surface area contributed by atoms with Crippen LogP contribution >= 0.6 is 0 Å². The van der Waals surface area contributed by atoms with Gasteiger partial charge in [-0.1, -0.05) is 0 Å². The number of rotatable bonds is 4. The van der Waals surface area contributed by atoms with Gasteiger partial charge in [-0.25, -0.2) is 4.98 Å². The summed E-state index contributed by atoms with van der Waals surface area (Å²) >= 11 is 0. The van der Waals surface area contributed by atoms with E-state index < -0.39 is 0 Å². The molecule has 0 saturated carbocycles. The van der Waals surface area contributed by atoms with Gasteiger partial charge in [0.2, 0.25) is 0 Å². The molecule has 1 aromatic heterocycles. The number of carbonyl (C=O) groups is 1. The van der Waals surface area contributed by atoms with Gasteiger partial charge in [-0.05, 0) is 38.3 Å². The molecule has 1 aliphatic rings. The molecule has 0 spiro atoms. The van der Waals surface area contributed by atoms with Gasteiger partial charge in [0.25, 0.3) is 0 Å². The molecular weight excluding hydrogens is 202 g/mol. The molecule has 16 heavy (non-hydrogen) atoms. The molecule has 1 fully saturated rings. The second kappa shape index (κ2) is 5.70. The summed E-state index contributed by atoms with van der Waals surface area (Å²) < 4.78 is 0. The molecule has 1 aromatic rings. The Kier molecular flexibility index (Phi) is 3.99. The first-order chi connectivity index (χ1) is 7.86. The predicted molar refractivity (Wildman–Crippen MR) is 61.2 cm³/mol. The Labute approximate surface area is 95.5 Å². The maximum atomic E-state index is 11.8. The van der Waals surface area contributed by atoms with Crippen molar-refractivity contribution >= 4 is 5.78 Å². The summed E-state index contributed by atoms with van der Waals surface area (Å²) in [5, 5.41) is 3.33. The second-order valence-corrected chi connectivity index (χ2v) is 4.25. The molecule has 0 aromatic carbocycles. The standard InChI is InChI=1S/C12H17N3O/c16-12(11-9-14-7-8-15-11)2-1-10-3-5-13-6-4-10/h7-10,13H,1-6H2. The molecule has 0 amide bonds. The van der Waals surface area contributed by atoms with Crippen molar-refractivity contribution in [2.75, 3.05) is 13.1 Å². The molecule has 0 atom stereocenters.